The monoisotopic (exact) mass is 256 g/mol. The van der Waals surface area contributed by atoms with E-state index in [1.807, 2.05) is 6.07 Å². The van der Waals surface area contributed by atoms with E-state index in [1.165, 1.54) is 17.2 Å². The smallest absolute Gasteiger partial charge is 0.148 e. The lowest BCUT2D eigenvalue weighted by Crippen LogP contribution is -2.23. The highest BCUT2D eigenvalue weighted by molar-refractivity contribution is 5.68. The maximum Gasteiger partial charge on any atom is 0.148 e. The van der Waals surface area contributed by atoms with Crippen molar-refractivity contribution in [3.05, 3.63) is 59.4 Å². The molecule has 1 heterocycles. The first kappa shape index (κ1) is 12.0. The summed E-state index contributed by atoms with van der Waals surface area (Å²) in [7, 11) is 0. The molecule has 0 fully saturated rings. The number of nitrogens with zero attached hydrogens (tertiary/aromatic N) is 1. The molecule has 1 aliphatic rings. The van der Waals surface area contributed by atoms with Gasteiger partial charge in [0.25, 0.3) is 0 Å². The van der Waals surface area contributed by atoms with E-state index >= 15 is 0 Å². The molecule has 0 spiro atoms. The van der Waals surface area contributed by atoms with Crippen LogP contribution in [0.25, 0.3) is 0 Å². The first-order valence-corrected chi connectivity index (χ1v) is 6.61. The van der Waals surface area contributed by atoms with Gasteiger partial charge in [-0.3, -0.25) is 0 Å². The highest BCUT2D eigenvalue weighted by atomic mass is 19.1. The fraction of sp³-hybridized carbons (Fsp3) is 0.250. The Labute approximate surface area is 112 Å². The van der Waals surface area contributed by atoms with Crippen molar-refractivity contribution in [2.24, 2.45) is 0 Å². The van der Waals surface area contributed by atoms with Crippen molar-refractivity contribution in [3.8, 4) is 0 Å². The first-order valence-electron chi connectivity index (χ1n) is 6.61. The standard InChI is InChI=1S/C16H17FN2/c17-14-8-3-9-15(16(14)18)19-10-4-7-12-5-1-2-6-13(12)11-19/h1-3,5-6,8-9H,4,7,10-11,18H2. The van der Waals surface area contributed by atoms with Crippen LogP contribution in [0.15, 0.2) is 42.5 Å². The van der Waals surface area contributed by atoms with Crippen LogP contribution in [-0.2, 0) is 13.0 Å². The van der Waals surface area contributed by atoms with Gasteiger partial charge in [-0.25, -0.2) is 4.39 Å². The Kier molecular flexibility index (Phi) is 3.11. The minimum absolute atomic E-state index is 0.252. The van der Waals surface area contributed by atoms with Gasteiger partial charge in [-0.1, -0.05) is 30.3 Å². The largest absolute Gasteiger partial charge is 0.395 e. The molecule has 2 aromatic carbocycles. The minimum Gasteiger partial charge on any atom is -0.395 e. The molecular weight excluding hydrogens is 239 g/mol. The molecule has 2 N–H and O–H groups in total. The minimum atomic E-state index is -0.338. The van der Waals surface area contributed by atoms with E-state index in [1.54, 1.807) is 6.07 Å². The molecule has 3 rings (SSSR count). The third-order valence-corrected chi connectivity index (χ3v) is 3.72. The summed E-state index contributed by atoms with van der Waals surface area (Å²) in [6.07, 6.45) is 2.13. The summed E-state index contributed by atoms with van der Waals surface area (Å²) in [6.45, 7) is 1.70. The summed E-state index contributed by atoms with van der Waals surface area (Å²) in [6, 6.07) is 13.5. The molecule has 19 heavy (non-hydrogen) atoms. The molecule has 0 aliphatic carbocycles. The molecule has 3 heteroatoms. The predicted octanol–water partition coefficient (Wildman–Crippen LogP) is 3.36. The van der Waals surface area contributed by atoms with E-state index < -0.39 is 0 Å². The molecule has 0 aromatic heterocycles. The molecule has 2 aromatic rings. The maximum absolute atomic E-state index is 13.6. The van der Waals surface area contributed by atoms with Gasteiger partial charge in [0.05, 0.1) is 11.4 Å². The Balaban J connectivity index is 1.96. The topological polar surface area (TPSA) is 29.3 Å². The van der Waals surface area contributed by atoms with E-state index in [4.69, 9.17) is 5.73 Å². The first-order chi connectivity index (χ1) is 9.25. The molecule has 98 valence electrons. The van der Waals surface area contributed by atoms with Gasteiger partial charge in [-0.05, 0) is 36.1 Å². The van der Waals surface area contributed by atoms with Crippen molar-refractivity contribution >= 4 is 11.4 Å². The van der Waals surface area contributed by atoms with Crippen LogP contribution in [0.5, 0.6) is 0 Å². The number of halogens is 1. The van der Waals surface area contributed by atoms with Crippen molar-refractivity contribution in [2.75, 3.05) is 17.2 Å². The third-order valence-electron chi connectivity index (χ3n) is 3.72. The number of fused-ring (bicyclic) bond motifs is 1. The van der Waals surface area contributed by atoms with Crippen LogP contribution in [0.2, 0.25) is 0 Å². The number of anilines is 2. The third kappa shape index (κ3) is 2.28. The van der Waals surface area contributed by atoms with Crippen LogP contribution in [0.3, 0.4) is 0 Å². The zero-order valence-electron chi connectivity index (χ0n) is 10.8. The van der Waals surface area contributed by atoms with E-state index in [2.05, 4.69) is 29.2 Å². The maximum atomic E-state index is 13.6. The van der Waals surface area contributed by atoms with Gasteiger partial charge in [0.2, 0.25) is 0 Å². The van der Waals surface area contributed by atoms with Gasteiger partial charge >= 0.3 is 0 Å². The van der Waals surface area contributed by atoms with Crippen LogP contribution >= 0.6 is 0 Å². The number of hydrogen-bond donors (Lipinski definition) is 1. The normalized spacial score (nSPS) is 14.9. The second kappa shape index (κ2) is 4.92. The van der Waals surface area contributed by atoms with Gasteiger partial charge in [0.1, 0.15) is 5.82 Å². The van der Waals surface area contributed by atoms with Gasteiger partial charge in [-0.2, -0.15) is 0 Å². The molecule has 0 bridgehead atoms. The van der Waals surface area contributed by atoms with Gasteiger partial charge in [-0.15, -0.1) is 0 Å². The Morgan fingerprint density at radius 1 is 1.00 bits per heavy atom. The summed E-state index contributed by atoms with van der Waals surface area (Å²) in [4.78, 5) is 2.17. The van der Waals surface area contributed by atoms with Crippen LogP contribution in [0.4, 0.5) is 15.8 Å². The van der Waals surface area contributed by atoms with Gasteiger partial charge in [0, 0.05) is 13.1 Å². The molecule has 0 radical (unpaired) electrons. The van der Waals surface area contributed by atoms with E-state index in [0.29, 0.717) is 0 Å². The lowest BCUT2D eigenvalue weighted by molar-refractivity contribution is 0.631. The number of benzene rings is 2. The SMILES string of the molecule is Nc1c(F)cccc1N1CCCc2ccccc2C1. The summed E-state index contributed by atoms with van der Waals surface area (Å²) < 4.78 is 13.6. The summed E-state index contributed by atoms with van der Waals surface area (Å²) in [5.74, 6) is -0.338. The Morgan fingerprint density at radius 3 is 2.63 bits per heavy atom. The molecule has 2 nitrogen and oxygen atoms in total. The van der Waals surface area contributed by atoms with Crippen molar-refractivity contribution in [2.45, 2.75) is 19.4 Å². The number of para-hydroxylation sites is 1. The highest BCUT2D eigenvalue weighted by Crippen LogP contribution is 2.29. The number of nitrogen functional groups attached to an aromatic ring is 1. The van der Waals surface area contributed by atoms with Gasteiger partial charge < -0.3 is 10.6 Å². The molecule has 0 unspecified atom stereocenters. The number of nitrogens with two attached hydrogens (primary N) is 1. The number of aryl methyl sites for hydroxylation is 1. The fourth-order valence-corrected chi connectivity index (χ4v) is 2.71. The predicted molar refractivity (Wildman–Crippen MR) is 76.6 cm³/mol. The second-order valence-corrected chi connectivity index (χ2v) is 4.97. The fourth-order valence-electron chi connectivity index (χ4n) is 2.71. The number of rotatable bonds is 1. The highest BCUT2D eigenvalue weighted by Gasteiger charge is 2.17. The Hall–Kier alpha value is -2.03. The quantitative estimate of drug-likeness (QED) is 0.793. The Bertz CT molecular complexity index is 595. The van der Waals surface area contributed by atoms with E-state index in [0.717, 1.165) is 31.6 Å². The second-order valence-electron chi connectivity index (χ2n) is 4.97. The van der Waals surface area contributed by atoms with Crippen LogP contribution in [0.1, 0.15) is 17.5 Å². The molecular formula is C16H17FN2. The van der Waals surface area contributed by atoms with Crippen molar-refractivity contribution in [1.29, 1.82) is 0 Å². The molecule has 0 saturated heterocycles. The average Bonchev–Trinajstić information content (AvgIpc) is 2.64. The Morgan fingerprint density at radius 2 is 1.79 bits per heavy atom. The summed E-state index contributed by atoms with van der Waals surface area (Å²) >= 11 is 0. The average molecular weight is 256 g/mol. The van der Waals surface area contributed by atoms with E-state index in [-0.39, 0.29) is 11.5 Å². The zero-order valence-corrected chi connectivity index (χ0v) is 10.8. The lowest BCUT2D eigenvalue weighted by Gasteiger charge is -2.24. The van der Waals surface area contributed by atoms with E-state index in [9.17, 15) is 4.39 Å². The molecule has 0 saturated carbocycles. The van der Waals surface area contributed by atoms with Crippen LogP contribution in [0, 0.1) is 5.82 Å². The lowest BCUT2D eigenvalue weighted by atomic mass is 10.0. The number of hydrogen-bond acceptors (Lipinski definition) is 2. The van der Waals surface area contributed by atoms with Crippen LogP contribution < -0.4 is 10.6 Å². The van der Waals surface area contributed by atoms with Crippen molar-refractivity contribution in [1.82, 2.24) is 0 Å². The summed E-state index contributed by atoms with van der Waals surface area (Å²) in [5.41, 5.74) is 9.62. The zero-order chi connectivity index (χ0) is 13.2. The molecule has 0 atom stereocenters. The summed E-state index contributed by atoms with van der Waals surface area (Å²) in [5, 5.41) is 0. The van der Waals surface area contributed by atoms with Crippen molar-refractivity contribution in [3.63, 3.8) is 0 Å². The molecule has 0 amide bonds. The molecule has 1 aliphatic heterocycles. The van der Waals surface area contributed by atoms with Crippen LogP contribution in [-0.4, -0.2) is 6.54 Å². The van der Waals surface area contributed by atoms with Crippen molar-refractivity contribution < 1.29 is 4.39 Å². The van der Waals surface area contributed by atoms with Gasteiger partial charge in [0.15, 0.2) is 0 Å².